The lowest BCUT2D eigenvalue weighted by Gasteiger charge is -2.39. The van der Waals surface area contributed by atoms with Gasteiger partial charge < -0.3 is 10.2 Å². The summed E-state index contributed by atoms with van der Waals surface area (Å²) in [7, 11) is 0. The molecule has 3 rings (SSSR count). The number of likely N-dealkylation sites (tertiary alicyclic amines) is 1. The van der Waals surface area contributed by atoms with Gasteiger partial charge in [0.2, 0.25) is 11.8 Å². The van der Waals surface area contributed by atoms with E-state index >= 15 is 0 Å². The Morgan fingerprint density at radius 1 is 1.00 bits per heavy atom. The van der Waals surface area contributed by atoms with Crippen LogP contribution in [0.2, 0.25) is 0 Å². The van der Waals surface area contributed by atoms with Gasteiger partial charge in [-0.1, -0.05) is 12.1 Å². The molecule has 2 fully saturated rings. The lowest BCUT2D eigenvalue weighted by molar-refractivity contribution is -0.138. The number of hydrogen-bond donors (Lipinski definition) is 1. The van der Waals surface area contributed by atoms with Crippen LogP contribution >= 0.6 is 0 Å². The highest BCUT2D eigenvalue weighted by Crippen LogP contribution is 2.34. The summed E-state index contributed by atoms with van der Waals surface area (Å²) in [6.07, 6.45) is -1.24. The van der Waals surface area contributed by atoms with E-state index in [1.165, 1.54) is 24.6 Å². The summed E-state index contributed by atoms with van der Waals surface area (Å²) >= 11 is 0. The van der Waals surface area contributed by atoms with Gasteiger partial charge in [-0.2, -0.15) is 13.2 Å². The minimum Gasteiger partial charge on any atom is -0.341 e. The third kappa shape index (κ3) is 5.72. The average molecular weight is 426 g/mol. The number of nitrogens with one attached hydrogen (secondary N) is 1. The van der Waals surface area contributed by atoms with E-state index in [-0.39, 0.29) is 24.2 Å². The number of alkyl halides is 3. The molecular weight excluding hydrogens is 397 g/mol. The van der Waals surface area contributed by atoms with Gasteiger partial charge in [0.15, 0.2) is 0 Å². The fourth-order valence-corrected chi connectivity index (χ4v) is 4.08. The minimum absolute atomic E-state index is 0.0223. The van der Waals surface area contributed by atoms with Crippen LogP contribution in [0.5, 0.6) is 0 Å². The molecule has 0 aromatic heterocycles. The first-order valence-corrected chi connectivity index (χ1v) is 10.5. The zero-order valence-electron chi connectivity index (χ0n) is 17.2. The summed E-state index contributed by atoms with van der Waals surface area (Å²) in [5.74, 6) is -0.317. The van der Waals surface area contributed by atoms with Crippen molar-refractivity contribution in [1.29, 1.82) is 0 Å². The summed E-state index contributed by atoms with van der Waals surface area (Å²) < 4.78 is 39.2. The van der Waals surface area contributed by atoms with Crippen LogP contribution in [0.25, 0.3) is 0 Å². The number of amides is 2. The zero-order chi connectivity index (χ0) is 21.7. The molecule has 0 aliphatic carbocycles. The first-order chi connectivity index (χ1) is 14.3. The van der Waals surface area contributed by atoms with Crippen molar-refractivity contribution in [2.24, 2.45) is 0 Å². The number of piperazine rings is 1. The summed E-state index contributed by atoms with van der Waals surface area (Å²) in [4.78, 5) is 30.9. The van der Waals surface area contributed by atoms with Gasteiger partial charge >= 0.3 is 6.18 Å². The normalized spacial score (nSPS) is 20.1. The Bertz CT molecular complexity index is 742. The van der Waals surface area contributed by atoms with Crippen molar-refractivity contribution in [1.82, 2.24) is 14.7 Å². The van der Waals surface area contributed by atoms with Crippen molar-refractivity contribution < 1.29 is 22.8 Å². The topological polar surface area (TPSA) is 55.9 Å². The van der Waals surface area contributed by atoms with Crippen LogP contribution in [-0.2, 0) is 15.8 Å². The van der Waals surface area contributed by atoms with Gasteiger partial charge in [0.1, 0.15) is 0 Å². The second kappa shape index (κ2) is 9.78. The van der Waals surface area contributed by atoms with Gasteiger partial charge in [-0.05, 0) is 38.3 Å². The Morgan fingerprint density at radius 3 is 2.27 bits per heavy atom. The van der Waals surface area contributed by atoms with Gasteiger partial charge in [-0.3, -0.25) is 19.4 Å². The van der Waals surface area contributed by atoms with Crippen molar-refractivity contribution in [3.63, 3.8) is 0 Å². The molecule has 2 saturated heterocycles. The smallest absolute Gasteiger partial charge is 0.341 e. The van der Waals surface area contributed by atoms with Gasteiger partial charge in [0.05, 0.1) is 23.8 Å². The molecule has 2 amide bonds. The number of anilines is 1. The second-order valence-electron chi connectivity index (χ2n) is 7.97. The first kappa shape index (κ1) is 22.6. The second-order valence-corrected chi connectivity index (χ2v) is 7.97. The van der Waals surface area contributed by atoms with Crippen LogP contribution < -0.4 is 5.32 Å². The predicted molar refractivity (Wildman–Crippen MR) is 108 cm³/mol. The Hall–Kier alpha value is -2.13. The molecule has 0 unspecified atom stereocenters. The molecular formula is C21H29F3N4O2. The average Bonchev–Trinajstić information content (AvgIpc) is 2.73. The lowest BCUT2D eigenvalue weighted by atomic mass is 10.1. The maximum Gasteiger partial charge on any atom is 0.418 e. The Kier molecular flexibility index (Phi) is 7.36. The molecule has 0 radical (unpaired) electrons. The highest BCUT2D eigenvalue weighted by atomic mass is 19.4. The number of benzene rings is 1. The maximum atomic E-state index is 13.1. The van der Waals surface area contributed by atoms with Crippen LogP contribution in [0, 0.1) is 0 Å². The number of carbonyl (C=O) groups excluding carboxylic acids is 2. The molecule has 1 aromatic rings. The Labute approximate surface area is 175 Å². The largest absolute Gasteiger partial charge is 0.418 e. The van der Waals surface area contributed by atoms with E-state index in [0.717, 1.165) is 32.0 Å². The molecule has 1 N–H and O–H groups in total. The zero-order valence-corrected chi connectivity index (χ0v) is 17.2. The van der Waals surface area contributed by atoms with Crippen molar-refractivity contribution >= 4 is 17.5 Å². The quantitative estimate of drug-likeness (QED) is 0.787. The van der Waals surface area contributed by atoms with Gasteiger partial charge in [0.25, 0.3) is 0 Å². The number of para-hydroxylation sites is 1. The molecule has 6 nitrogen and oxygen atoms in total. The summed E-state index contributed by atoms with van der Waals surface area (Å²) in [5, 5.41) is 2.38. The fourth-order valence-electron chi connectivity index (χ4n) is 4.08. The highest BCUT2D eigenvalue weighted by Gasteiger charge is 2.34. The number of halogens is 3. The lowest BCUT2D eigenvalue weighted by Crippen LogP contribution is -2.55. The van der Waals surface area contributed by atoms with Crippen molar-refractivity contribution in [3.8, 4) is 0 Å². The standard InChI is InChI=1S/C21H29F3N4O2/c1-16(20(30)28-9-5-2-6-10-28)27-13-11-26(12-14-27)15-19(29)25-18-8-4-3-7-17(18)21(22,23)24/h3-4,7-8,16H,2,5-6,9-15H2,1H3,(H,25,29)/t16-/m1/s1. The van der Waals surface area contributed by atoms with Crippen molar-refractivity contribution in [2.45, 2.75) is 38.4 Å². The molecule has 0 spiro atoms. The van der Waals surface area contributed by atoms with Crippen molar-refractivity contribution in [3.05, 3.63) is 29.8 Å². The van der Waals surface area contributed by atoms with E-state index in [1.54, 1.807) is 0 Å². The summed E-state index contributed by atoms with van der Waals surface area (Å²) in [6.45, 7) is 6.06. The molecule has 1 atom stereocenters. The van der Waals surface area contributed by atoms with Gasteiger partial charge in [-0.15, -0.1) is 0 Å². The molecule has 9 heteroatoms. The number of carbonyl (C=O) groups is 2. The van der Waals surface area contributed by atoms with E-state index in [2.05, 4.69) is 10.2 Å². The van der Waals surface area contributed by atoms with E-state index in [1.807, 2.05) is 16.7 Å². The third-order valence-electron chi connectivity index (χ3n) is 5.85. The molecule has 30 heavy (non-hydrogen) atoms. The highest BCUT2D eigenvalue weighted by molar-refractivity contribution is 5.93. The van der Waals surface area contributed by atoms with Gasteiger partial charge in [-0.25, -0.2) is 0 Å². The van der Waals surface area contributed by atoms with Crippen LogP contribution in [-0.4, -0.2) is 78.4 Å². The van der Waals surface area contributed by atoms with Crippen LogP contribution in [0.1, 0.15) is 31.7 Å². The molecule has 0 bridgehead atoms. The SMILES string of the molecule is C[C@H](C(=O)N1CCCCC1)N1CCN(CC(=O)Nc2ccccc2C(F)(F)F)CC1. The minimum atomic E-state index is -4.52. The van der Waals surface area contributed by atoms with Crippen LogP contribution in [0.4, 0.5) is 18.9 Å². The number of piperidine rings is 1. The number of hydrogen-bond acceptors (Lipinski definition) is 4. The molecule has 0 saturated carbocycles. The van der Waals surface area contributed by atoms with E-state index in [9.17, 15) is 22.8 Å². The fraction of sp³-hybridized carbons (Fsp3) is 0.619. The first-order valence-electron chi connectivity index (χ1n) is 10.5. The predicted octanol–water partition coefficient (Wildman–Crippen LogP) is 2.66. The maximum absolute atomic E-state index is 13.1. The Morgan fingerprint density at radius 2 is 1.63 bits per heavy atom. The molecule has 2 aliphatic heterocycles. The number of rotatable bonds is 5. The van der Waals surface area contributed by atoms with E-state index < -0.39 is 17.6 Å². The number of nitrogens with zero attached hydrogens (tertiary/aromatic N) is 3. The molecule has 2 heterocycles. The van der Waals surface area contributed by atoms with E-state index in [0.29, 0.717) is 26.2 Å². The summed E-state index contributed by atoms with van der Waals surface area (Å²) in [6, 6.07) is 4.77. The third-order valence-corrected chi connectivity index (χ3v) is 5.85. The summed E-state index contributed by atoms with van der Waals surface area (Å²) in [5.41, 5.74) is -1.08. The van der Waals surface area contributed by atoms with Gasteiger partial charge in [0, 0.05) is 39.3 Å². The van der Waals surface area contributed by atoms with Crippen LogP contribution in [0.15, 0.2) is 24.3 Å². The molecule has 2 aliphatic rings. The van der Waals surface area contributed by atoms with E-state index in [4.69, 9.17) is 0 Å². The van der Waals surface area contributed by atoms with Crippen molar-refractivity contribution in [2.75, 3.05) is 51.1 Å². The van der Waals surface area contributed by atoms with Crippen LogP contribution in [0.3, 0.4) is 0 Å². The molecule has 1 aromatic carbocycles. The monoisotopic (exact) mass is 426 g/mol. The Balaban J connectivity index is 1.48. The molecule has 166 valence electrons.